The Morgan fingerprint density at radius 3 is 2.42 bits per heavy atom. The maximum atomic E-state index is 12.4. The second-order valence-electron chi connectivity index (χ2n) is 6.28. The van der Waals surface area contributed by atoms with Crippen LogP contribution in [0.1, 0.15) is 37.3 Å². The molecule has 26 heavy (non-hydrogen) atoms. The predicted molar refractivity (Wildman–Crippen MR) is 105 cm³/mol. The van der Waals surface area contributed by atoms with Crippen molar-refractivity contribution in [1.29, 1.82) is 0 Å². The molecule has 2 aromatic rings. The summed E-state index contributed by atoms with van der Waals surface area (Å²) < 4.78 is 6.64. The summed E-state index contributed by atoms with van der Waals surface area (Å²) in [6.07, 6.45) is -0.587. The quantitative estimate of drug-likeness (QED) is 0.679. The van der Waals surface area contributed by atoms with Crippen molar-refractivity contribution in [2.75, 3.05) is 5.32 Å². The fraction of sp³-hybridized carbons (Fsp3) is 0.300. The van der Waals surface area contributed by atoms with E-state index in [0.29, 0.717) is 11.4 Å². The molecule has 2 rings (SSSR count). The van der Waals surface area contributed by atoms with E-state index in [-0.39, 0.29) is 18.2 Å². The first-order valence-corrected chi connectivity index (χ1v) is 9.11. The molecule has 2 N–H and O–H groups in total. The smallest absolute Gasteiger partial charge is 0.303 e. The van der Waals surface area contributed by atoms with Crippen LogP contribution in [0.3, 0.4) is 0 Å². The third kappa shape index (κ3) is 5.59. The molecule has 2 aromatic carbocycles. The van der Waals surface area contributed by atoms with Gasteiger partial charge in [-0.25, -0.2) is 0 Å². The highest BCUT2D eigenvalue weighted by Gasteiger charge is 2.16. The van der Waals surface area contributed by atoms with Gasteiger partial charge in [0.2, 0.25) is 0 Å². The fourth-order valence-corrected chi connectivity index (χ4v) is 2.80. The molecular formula is C20H22BrNO4. The van der Waals surface area contributed by atoms with Gasteiger partial charge in [0.1, 0.15) is 5.75 Å². The number of amides is 1. The summed E-state index contributed by atoms with van der Waals surface area (Å²) in [5, 5.41) is 11.7. The average molecular weight is 420 g/mol. The van der Waals surface area contributed by atoms with Gasteiger partial charge >= 0.3 is 5.97 Å². The fourth-order valence-electron chi connectivity index (χ4n) is 2.46. The SMILES string of the molecule is Cc1ccc(Br)cc1OC(C)C(=O)Nc1ccc(C(C)CC(=O)O)cc1. The van der Waals surface area contributed by atoms with E-state index in [1.807, 2.05) is 44.2 Å². The maximum Gasteiger partial charge on any atom is 0.303 e. The number of carbonyl (C=O) groups excluding carboxylic acids is 1. The van der Waals surface area contributed by atoms with E-state index in [9.17, 15) is 9.59 Å². The van der Waals surface area contributed by atoms with Gasteiger partial charge in [0, 0.05) is 10.2 Å². The summed E-state index contributed by atoms with van der Waals surface area (Å²) in [7, 11) is 0. The molecular weight excluding hydrogens is 398 g/mol. The molecule has 0 saturated heterocycles. The van der Waals surface area contributed by atoms with Gasteiger partial charge in [-0.1, -0.05) is 41.1 Å². The van der Waals surface area contributed by atoms with E-state index < -0.39 is 12.1 Å². The van der Waals surface area contributed by atoms with Crippen LogP contribution in [-0.2, 0) is 9.59 Å². The molecule has 0 radical (unpaired) electrons. The van der Waals surface area contributed by atoms with Crippen molar-refractivity contribution in [2.24, 2.45) is 0 Å². The number of carbonyl (C=O) groups is 2. The van der Waals surface area contributed by atoms with Crippen molar-refractivity contribution in [3.63, 3.8) is 0 Å². The van der Waals surface area contributed by atoms with Crippen molar-refractivity contribution in [3.05, 3.63) is 58.1 Å². The lowest BCUT2D eigenvalue weighted by atomic mass is 9.98. The van der Waals surface area contributed by atoms with Gasteiger partial charge in [0.05, 0.1) is 6.42 Å². The second-order valence-corrected chi connectivity index (χ2v) is 7.20. The highest BCUT2D eigenvalue weighted by Crippen LogP contribution is 2.24. The molecule has 5 nitrogen and oxygen atoms in total. The normalized spacial score (nSPS) is 12.9. The highest BCUT2D eigenvalue weighted by molar-refractivity contribution is 9.10. The largest absolute Gasteiger partial charge is 0.481 e. The van der Waals surface area contributed by atoms with Crippen LogP contribution in [0, 0.1) is 6.92 Å². The molecule has 0 bridgehead atoms. The molecule has 2 unspecified atom stereocenters. The minimum absolute atomic E-state index is 0.0720. The molecule has 1 amide bonds. The lowest BCUT2D eigenvalue weighted by molar-refractivity contribution is -0.137. The second kappa shape index (κ2) is 8.85. The summed E-state index contributed by atoms with van der Waals surface area (Å²) in [4.78, 5) is 23.1. The van der Waals surface area contributed by atoms with Crippen LogP contribution in [0.4, 0.5) is 5.69 Å². The van der Waals surface area contributed by atoms with E-state index in [1.54, 1.807) is 19.1 Å². The summed E-state index contributed by atoms with van der Waals surface area (Å²) >= 11 is 3.39. The highest BCUT2D eigenvalue weighted by atomic mass is 79.9. The molecule has 0 heterocycles. The molecule has 6 heteroatoms. The van der Waals surface area contributed by atoms with E-state index in [1.165, 1.54) is 0 Å². The lowest BCUT2D eigenvalue weighted by Gasteiger charge is -2.17. The number of anilines is 1. The van der Waals surface area contributed by atoms with Crippen LogP contribution in [-0.4, -0.2) is 23.1 Å². The molecule has 0 spiro atoms. The van der Waals surface area contributed by atoms with Crippen LogP contribution in [0.2, 0.25) is 0 Å². The molecule has 0 aromatic heterocycles. The third-order valence-electron chi connectivity index (χ3n) is 4.05. The number of ether oxygens (including phenoxy) is 1. The number of rotatable bonds is 7. The van der Waals surface area contributed by atoms with Crippen LogP contribution in [0.15, 0.2) is 46.9 Å². The topological polar surface area (TPSA) is 75.6 Å². The van der Waals surface area contributed by atoms with Gasteiger partial charge in [-0.05, 0) is 55.2 Å². The Morgan fingerprint density at radius 1 is 1.15 bits per heavy atom. The summed E-state index contributed by atoms with van der Waals surface area (Å²) in [5.74, 6) is -0.515. The molecule has 138 valence electrons. The Bertz CT molecular complexity index is 789. The molecule has 0 saturated carbocycles. The van der Waals surface area contributed by atoms with Gasteiger partial charge in [-0.3, -0.25) is 9.59 Å². The van der Waals surface area contributed by atoms with Crippen molar-refractivity contribution in [1.82, 2.24) is 0 Å². The Balaban J connectivity index is 1.98. The first-order chi connectivity index (χ1) is 12.3. The third-order valence-corrected chi connectivity index (χ3v) is 4.54. The summed E-state index contributed by atoms with van der Waals surface area (Å²) in [5.41, 5.74) is 2.51. The summed E-state index contributed by atoms with van der Waals surface area (Å²) in [6.45, 7) is 5.47. The Hall–Kier alpha value is -2.34. The van der Waals surface area contributed by atoms with Gasteiger partial charge < -0.3 is 15.2 Å². The van der Waals surface area contributed by atoms with Crippen LogP contribution in [0.25, 0.3) is 0 Å². The van der Waals surface area contributed by atoms with E-state index in [2.05, 4.69) is 21.2 Å². The van der Waals surface area contributed by atoms with Gasteiger partial charge in [0.15, 0.2) is 6.10 Å². The van der Waals surface area contributed by atoms with Crippen molar-refractivity contribution < 1.29 is 19.4 Å². The van der Waals surface area contributed by atoms with Crippen molar-refractivity contribution in [2.45, 2.75) is 39.2 Å². The number of halogens is 1. The van der Waals surface area contributed by atoms with Crippen LogP contribution >= 0.6 is 15.9 Å². The predicted octanol–water partition coefficient (Wildman–Crippen LogP) is 4.74. The van der Waals surface area contributed by atoms with E-state index in [0.717, 1.165) is 15.6 Å². The minimum atomic E-state index is -0.830. The molecule has 0 aliphatic carbocycles. The van der Waals surface area contributed by atoms with E-state index in [4.69, 9.17) is 9.84 Å². The summed E-state index contributed by atoms with van der Waals surface area (Å²) in [6, 6.07) is 12.9. The Kier molecular flexibility index (Phi) is 6.80. The first kappa shape index (κ1) is 20.0. The zero-order valence-corrected chi connectivity index (χ0v) is 16.5. The van der Waals surface area contributed by atoms with Gasteiger partial charge in [0.25, 0.3) is 5.91 Å². The number of aliphatic carboxylic acids is 1. The number of nitrogens with one attached hydrogen (secondary N) is 1. The number of hydrogen-bond donors (Lipinski definition) is 2. The lowest BCUT2D eigenvalue weighted by Crippen LogP contribution is -2.30. The van der Waals surface area contributed by atoms with Gasteiger partial charge in [-0.15, -0.1) is 0 Å². The molecule has 0 fully saturated rings. The molecule has 0 aliphatic rings. The van der Waals surface area contributed by atoms with Crippen LogP contribution < -0.4 is 10.1 Å². The Labute approximate surface area is 161 Å². The number of hydrogen-bond acceptors (Lipinski definition) is 3. The maximum absolute atomic E-state index is 12.4. The van der Waals surface area contributed by atoms with Crippen molar-refractivity contribution in [3.8, 4) is 5.75 Å². The minimum Gasteiger partial charge on any atom is -0.481 e. The standard InChI is InChI=1S/C20H22BrNO4/c1-12-4-7-16(21)11-18(12)26-14(3)20(25)22-17-8-5-15(6-9-17)13(2)10-19(23)24/h4-9,11,13-14H,10H2,1-3H3,(H,22,25)(H,23,24). The molecule has 0 aliphatic heterocycles. The number of carboxylic acids is 1. The van der Waals surface area contributed by atoms with Crippen molar-refractivity contribution >= 4 is 33.5 Å². The van der Waals surface area contributed by atoms with E-state index >= 15 is 0 Å². The average Bonchev–Trinajstić information content (AvgIpc) is 2.58. The number of aryl methyl sites for hydroxylation is 1. The zero-order chi connectivity index (χ0) is 19.3. The van der Waals surface area contributed by atoms with Crippen LogP contribution in [0.5, 0.6) is 5.75 Å². The Morgan fingerprint density at radius 2 is 1.81 bits per heavy atom. The number of carboxylic acid groups (broad SMARTS) is 1. The first-order valence-electron chi connectivity index (χ1n) is 8.31. The monoisotopic (exact) mass is 419 g/mol. The number of benzene rings is 2. The molecule has 2 atom stereocenters. The van der Waals surface area contributed by atoms with Gasteiger partial charge in [-0.2, -0.15) is 0 Å². The zero-order valence-electron chi connectivity index (χ0n) is 15.0.